The van der Waals surface area contributed by atoms with E-state index in [0.29, 0.717) is 21.0 Å². The molecular formula is C25H20ClF3N6OS. The van der Waals surface area contributed by atoms with Crippen LogP contribution in [-0.2, 0) is 19.1 Å². The van der Waals surface area contributed by atoms with Gasteiger partial charge >= 0.3 is 6.18 Å². The fourth-order valence-corrected chi connectivity index (χ4v) is 4.92. The van der Waals surface area contributed by atoms with Crippen molar-refractivity contribution < 1.29 is 18.0 Å². The van der Waals surface area contributed by atoms with Crippen LogP contribution in [0, 0.1) is 6.92 Å². The van der Waals surface area contributed by atoms with Gasteiger partial charge in [-0.2, -0.15) is 23.4 Å². The highest BCUT2D eigenvalue weighted by atomic mass is 35.5. The lowest BCUT2D eigenvalue weighted by Gasteiger charge is -2.10. The van der Waals surface area contributed by atoms with Gasteiger partial charge in [0.2, 0.25) is 0 Å². The minimum atomic E-state index is -4.70. The van der Waals surface area contributed by atoms with Gasteiger partial charge in [-0.05, 0) is 43.2 Å². The van der Waals surface area contributed by atoms with Crippen LogP contribution in [0.5, 0.6) is 0 Å². The zero-order valence-corrected chi connectivity index (χ0v) is 21.2. The van der Waals surface area contributed by atoms with E-state index < -0.39 is 17.8 Å². The van der Waals surface area contributed by atoms with E-state index >= 15 is 0 Å². The van der Waals surface area contributed by atoms with Crippen molar-refractivity contribution in [3.63, 3.8) is 0 Å². The Kier molecular flexibility index (Phi) is 6.50. The number of amides is 1. The average molecular weight is 545 g/mol. The Morgan fingerprint density at radius 3 is 2.59 bits per heavy atom. The van der Waals surface area contributed by atoms with Crippen LogP contribution in [0.1, 0.15) is 39.2 Å². The molecule has 0 spiro atoms. The van der Waals surface area contributed by atoms with Gasteiger partial charge < -0.3 is 5.32 Å². The summed E-state index contributed by atoms with van der Waals surface area (Å²) >= 11 is 7.61. The van der Waals surface area contributed by atoms with Crippen LogP contribution >= 0.6 is 22.9 Å². The number of fused-ring (bicyclic) bond motifs is 1. The number of thiophene rings is 1. The minimum Gasteiger partial charge on any atom is -0.304 e. The predicted octanol–water partition coefficient (Wildman–Crippen LogP) is 6.50. The van der Waals surface area contributed by atoms with E-state index in [1.165, 1.54) is 17.4 Å². The molecule has 0 bridgehead atoms. The number of carbonyl (C=O) groups is 1. The normalized spacial score (nSPS) is 11.8. The van der Waals surface area contributed by atoms with E-state index in [2.05, 4.69) is 20.5 Å². The molecule has 5 aromatic rings. The Morgan fingerprint density at radius 2 is 1.89 bits per heavy atom. The highest BCUT2D eigenvalue weighted by Crippen LogP contribution is 2.34. The molecule has 0 radical (unpaired) electrons. The van der Waals surface area contributed by atoms with Crippen LogP contribution in [0.3, 0.4) is 0 Å². The van der Waals surface area contributed by atoms with Gasteiger partial charge in [-0.25, -0.2) is 9.50 Å². The van der Waals surface area contributed by atoms with Crippen molar-refractivity contribution in [1.29, 1.82) is 0 Å². The summed E-state index contributed by atoms with van der Waals surface area (Å²) in [7, 11) is 0. The zero-order valence-electron chi connectivity index (χ0n) is 19.7. The standard InChI is InChI=1S/C25H20ClF3N6OS/c1-3-16-8-9-20(37-16)18-11-21(25(27,28)29)35-23(30-18)12-19(32-35)24(36)31-22-10-14(2)34(33-22)13-15-6-4-5-7-17(15)26/h4-12H,3,13H2,1-2H3,(H,31,33,36). The Bertz CT molecular complexity index is 1620. The first kappa shape index (κ1) is 25.0. The Morgan fingerprint density at radius 1 is 1.11 bits per heavy atom. The summed E-state index contributed by atoms with van der Waals surface area (Å²) in [6.45, 7) is 4.18. The van der Waals surface area contributed by atoms with E-state index in [4.69, 9.17) is 11.6 Å². The average Bonchev–Trinajstić information content (AvgIpc) is 3.57. The first-order valence-corrected chi connectivity index (χ1v) is 12.5. The van der Waals surface area contributed by atoms with Gasteiger partial charge in [0.05, 0.1) is 17.1 Å². The monoisotopic (exact) mass is 544 g/mol. The number of hydrogen-bond donors (Lipinski definition) is 1. The topological polar surface area (TPSA) is 77.1 Å². The molecule has 4 heterocycles. The largest absolute Gasteiger partial charge is 0.433 e. The van der Waals surface area contributed by atoms with Crippen molar-refractivity contribution >= 4 is 40.3 Å². The summed E-state index contributed by atoms with van der Waals surface area (Å²) in [5.41, 5.74) is 0.476. The molecule has 1 aromatic carbocycles. The van der Waals surface area contributed by atoms with Crippen molar-refractivity contribution in [2.75, 3.05) is 5.32 Å². The van der Waals surface area contributed by atoms with Gasteiger partial charge in [-0.1, -0.05) is 36.7 Å². The van der Waals surface area contributed by atoms with Gasteiger partial charge in [0, 0.05) is 27.7 Å². The lowest BCUT2D eigenvalue weighted by molar-refractivity contribution is -0.142. The number of aromatic nitrogens is 5. The molecule has 0 saturated carbocycles. The van der Waals surface area contributed by atoms with E-state index in [0.717, 1.165) is 28.6 Å². The molecule has 4 aromatic heterocycles. The predicted molar refractivity (Wildman–Crippen MR) is 136 cm³/mol. The number of carbonyl (C=O) groups excluding carboxylic acids is 1. The second-order valence-corrected chi connectivity index (χ2v) is 9.89. The van der Waals surface area contributed by atoms with Gasteiger partial charge in [0.25, 0.3) is 5.91 Å². The lowest BCUT2D eigenvalue weighted by atomic mass is 10.2. The summed E-state index contributed by atoms with van der Waals surface area (Å²) in [4.78, 5) is 18.9. The van der Waals surface area contributed by atoms with Crippen LogP contribution in [0.25, 0.3) is 16.2 Å². The summed E-state index contributed by atoms with van der Waals surface area (Å²) < 4.78 is 44.0. The molecule has 0 unspecified atom stereocenters. The van der Waals surface area contributed by atoms with Crippen molar-refractivity contribution in [2.45, 2.75) is 33.0 Å². The highest BCUT2D eigenvalue weighted by molar-refractivity contribution is 7.15. The fraction of sp³-hybridized carbons (Fsp3) is 0.200. The molecule has 0 atom stereocenters. The zero-order chi connectivity index (χ0) is 26.3. The van der Waals surface area contributed by atoms with Gasteiger partial charge in [0.15, 0.2) is 22.9 Å². The third-order valence-corrected chi connectivity index (χ3v) is 7.33. The molecule has 190 valence electrons. The highest BCUT2D eigenvalue weighted by Gasteiger charge is 2.36. The van der Waals surface area contributed by atoms with Crippen molar-refractivity contribution in [3.05, 3.63) is 87.1 Å². The maximum absolute atomic E-state index is 13.9. The van der Waals surface area contributed by atoms with Gasteiger partial charge in [0.1, 0.15) is 0 Å². The SMILES string of the molecule is CCc1ccc(-c2cc(C(F)(F)F)n3nc(C(=O)Nc4cc(C)n(Cc5ccccc5Cl)n4)cc3n2)s1. The molecule has 0 fully saturated rings. The summed E-state index contributed by atoms with van der Waals surface area (Å²) in [6.07, 6.45) is -3.93. The molecule has 37 heavy (non-hydrogen) atoms. The van der Waals surface area contributed by atoms with E-state index in [-0.39, 0.29) is 22.9 Å². The molecule has 0 aliphatic heterocycles. The maximum Gasteiger partial charge on any atom is 0.433 e. The number of anilines is 1. The molecule has 0 aliphatic carbocycles. The smallest absolute Gasteiger partial charge is 0.304 e. The molecule has 12 heteroatoms. The molecule has 5 rings (SSSR count). The molecule has 1 N–H and O–H groups in total. The number of nitrogens with one attached hydrogen (secondary N) is 1. The molecule has 7 nitrogen and oxygen atoms in total. The number of alkyl halides is 3. The van der Waals surface area contributed by atoms with Crippen molar-refractivity contribution in [3.8, 4) is 10.6 Å². The van der Waals surface area contributed by atoms with Crippen LogP contribution in [0.2, 0.25) is 5.02 Å². The van der Waals surface area contributed by atoms with Gasteiger partial charge in [-0.15, -0.1) is 11.3 Å². The first-order chi connectivity index (χ1) is 17.6. The van der Waals surface area contributed by atoms with E-state index in [9.17, 15) is 18.0 Å². The lowest BCUT2D eigenvalue weighted by Crippen LogP contribution is -2.16. The van der Waals surface area contributed by atoms with E-state index in [1.807, 2.05) is 38.1 Å². The second-order valence-electron chi connectivity index (χ2n) is 8.32. The number of aryl methyl sites for hydroxylation is 2. The van der Waals surface area contributed by atoms with Crippen molar-refractivity contribution in [2.24, 2.45) is 0 Å². The summed E-state index contributed by atoms with van der Waals surface area (Å²) in [6, 6.07) is 14.8. The summed E-state index contributed by atoms with van der Waals surface area (Å²) in [5.74, 6) is -0.464. The molecule has 0 saturated heterocycles. The number of halogens is 4. The number of nitrogens with zero attached hydrogens (tertiary/aromatic N) is 5. The Balaban J connectivity index is 1.44. The fourth-order valence-electron chi connectivity index (χ4n) is 3.82. The van der Waals surface area contributed by atoms with Crippen LogP contribution < -0.4 is 5.32 Å². The van der Waals surface area contributed by atoms with Crippen LogP contribution in [0.15, 0.2) is 54.6 Å². The van der Waals surface area contributed by atoms with Crippen LogP contribution in [0.4, 0.5) is 19.0 Å². The number of benzene rings is 1. The number of hydrogen-bond acceptors (Lipinski definition) is 5. The Hall–Kier alpha value is -3.70. The Labute approximate surface area is 218 Å². The number of rotatable bonds is 6. The third kappa shape index (κ3) is 5.09. The molecular weight excluding hydrogens is 525 g/mol. The molecule has 1 amide bonds. The molecule has 0 aliphatic rings. The summed E-state index contributed by atoms with van der Waals surface area (Å²) in [5, 5.41) is 11.5. The first-order valence-electron chi connectivity index (χ1n) is 11.3. The quantitative estimate of drug-likeness (QED) is 0.265. The van der Waals surface area contributed by atoms with Crippen molar-refractivity contribution in [1.82, 2.24) is 24.4 Å². The maximum atomic E-state index is 13.9. The van der Waals surface area contributed by atoms with E-state index in [1.54, 1.807) is 22.9 Å². The van der Waals surface area contributed by atoms with Gasteiger partial charge in [-0.3, -0.25) is 9.48 Å². The second kappa shape index (κ2) is 9.64. The third-order valence-electron chi connectivity index (χ3n) is 5.71. The van der Waals surface area contributed by atoms with Crippen LogP contribution in [-0.4, -0.2) is 30.3 Å². The minimum absolute atomic E-state index is 0.0816.